The molecule has 0 aliphatic carbocycles. The van der Waals surface area contributed by atoms with Crippen LogP contribution in [0.4, 0.5) is 39.3 Å². The van der Waals surface area contributed by atoms with Crippen molar-refractivity contribution in [3.8, 4) is 28.8 Å². The number of benzene rings is 3. The molecule has 0 aliphatic rings. The van der Waals surface area contributed by atoms with Gasteiger partial charge in [0.15, 0.2) is 17.3 Å². The molecule has 0 unspecified atom stereocenters. The minimum atomic E-state index is -5.00. The van der Waals surface area contributed by atoms with Crippen LogP contribution in [0.25, 0.3) is 5.69 Å². The Morgan fingerprint density at radius 3 is 2.23 bits per heavy atom. The van der Waals surface area contributed by atoms with E-state index in [1.807, 2.05) is 0 Å². The summed E-state index contributed by atoms with van der Waals surface area (Å²) in [5.41, 5.74) is -1.93. The average Bonchev–Trinajstić information content (AvgIpc) is 3.45. The first-order valence-corrected chi connectivity index (χ1v) is 12.6. The molecule has 0 saturated carbocycles. The Hall–Kier alpha value is -5.73. The predicted octanol–water partition coefficient (Wildman–Crippen LogP) is 6.76. The van der Waals surface area contributed by atoms with E-state index in [1.165, 1.54) is 38.6 Å². The first-order chi connectivity index (χ1) is 21.0. The fraction of sp³-hybridized carbons (Fsp3) is 0.103. The van der Waals surface area contributed by atoms with Crippen molar-refractivity contribution in [3.63, 3.8) is 0 Å². The number of nitrogens with zero attached hydrogens (tertiary/aromatic N) is 4. The molecule has 1 amide bonds. The van der Waals surface area contributed by atoms with Crippen LogP contribution in [0, 0.1) is 11.6 Å². The number of ether oxygens (including phenoxy) is 3. The molecule has 3 aromatic carbocycles. The molecule has 44 heavy (non-hydrogen) atoms. The van der Waals surface area contributed by atoms with Crippen molar-refractivity contribution in [2.24, 2.45) is 0 Å². The number of carbonyl (C=O) groups is 1. The number of amides is 1. The van der Waals surface area contributed by atoms with Crippen LogP contribution in [0.15, 0.2) is 79.1 Å². The number of aromatic nitrogens is 4. The molecule has 0 aliphatic heterocycles. The van der Waals surface area contributed by atoms with Gasteiger partial charge < -0.3 is 24.8 Å². The van der Waals surface area contributed by atoms with Crippen LogP contribution >= 0.6 is 0 Å². The van der Waals surface area contributed by atoms with E-state index in [2.05, 4.69) is 25.7 Å². The standard InChI is InChI=1S/C29H21F5N6O4/c1-42-20-11-18(12-21(14-20)43-2)38-28-35-10-9-25(39-28)44-24-8-5-17(13-23(24)31)37-27(41)22-15-36-40(26(22)29(32,33)34)19-6-3-16(30)4-7-19/h3-15H,1-2H3,(H,37,41)(H,35,38,39). The normalized spacial score (nSPS) is 11.2. The summed E-state index contributed by atoms with van der Waals surface area (Å²) >= 11 is 0. The maximum absolute atomic E-state index is 14.9. The lowest BCUT2D eigenvalue weighted by molar-refractivity contribution is -0.143. The van der Waals surface area contributed by atoms with Crippen molar-refractivity contribution >= 4 is 23.2 Å². The number of halogens is 5. The smallest absolute Gasteiger partial charge is 0.434 e. The minimum absolute atomic E-state index is 0.0314. The highest BCUT2D eigenvalue weighted by molar-refractivity contribution is 6.05. The Morgan fingerprint density at radius 2 is 1.59 bits per heavy atom. The fourth-order valence-corrected chi connectivity index (χ4v) is 4.01. The second-order valence-corrected chi connectivity index (χ2v) is 8.94. The van der Waals surface area contributed by atoms with Crippen molar-refractivity contribution in [1.29, 1.82) is 0 Å². The molecule has 2 heterocycles. The number of alkyl halides is 3. The molecule has 5 rings (SSSR count). The SMILES string of the molecule is COc1cc(Nc2nccc(Oc3ccc(NC(=O)c4cnn(-c5ccc(F)cc5)c4C(F)(F)F)cc3F)n2)cc(OC)c1. The average molecular weight is 613 g/mol. The third-order valence-electron chi connectivity index (χ3n) is 6.00. The molecule has 5 aromatic rings. The highest BCUT2D eigenvalue weighted by Gasteiger charge is 2.40. The maximum Gasteiger partial charge on any atom is 0.434 e. The molecular formula is C29H21F5N6O4. The fourth-order valence-electron chi connectivity index (χ4n) is 4.01. The third kappa shape index (κ3) is 6.67. The summed E-state index contributed by atoms with van der Waals surface area (Å²) in [7, 11) is 3.00. The van der Waals surface area contributed by atoms with E-state index < -0.39 is 35.0 Å². The van der Waals surface area contributed by atoms with E-state index in [0.29, 0.717) is 21.9 Å². The van der Waals surface area contributed by atoms with E-state index in [1.54, 1.807) is 18.2 Å². The predicted molar refractivity (Wildman–Crippen MR) is 148 cm³/mol. The van der Waals surface area contributed by atoms with Crippen LogP contribution in [-0.2, 0) is 6.18 Å². The molecule has 0 spiro atoms. The molecule has 0 radical (unpaired) electrons. The van der Waals surface area contributed by atoms with Crippen LogP contribution in [0.2, 0.25) is 0 Å². The largest absolute Gasteiger partial charge is 0.497 e. The van der Waals surface area contributed by atoms with Gasteiger partial charge in [0.2, 0.25) is 11.8 Å². The van der Waals surface area contributed by atoms with Gasteiger partial charge in [0.25, 0.3) is 5.91 Å². The van der Waals surface area contributed by atoms with Crippen molar-refractivity contribution in [1.82, 2.24) is 19.7 Å². The topological polar surface area (TPSA) is 112 Å². The van der Waals surface area contributed by atoms with Crippen LogP contribution in [-0.4, -0.2) is 39.9 Å². The van der Waals surface area contributed by atoms with Gasteiger partial charge in [-0.2, -0.15) is 23.3 Å². The van der Waals surface area contributed by atoms with Crippen molar-refractivity contribution < 1.29 is 41.0 Å². The number of methoxy groups -OCH3 is 2. The summed E-state index contributed by atoms with van der Waals surface area (Å²) in [6.45, 7) is 0. The van der Waals surface area contributed by atoms with Gasteiger partial charge in [-0.1, -0.05) is 0 Å². The van der Waals surface area contributed by atoms with E-state index in [-0.39, 0.29) is 29.0 Å². The van der Waals surface area contributed by atoms with Gasteiger partial charge in [-0.15, -0.1) is 0 Å². The highest BCUT2D eigenvalue weighted by atomic mass is 19.4. The van der Waals surface area contributed by atoms with Gasteiger partial charge in [0.05, 0.1) is 31.7 Å². The summed E-state index contributed by atoms with van der Waals surface area (Å²) in [6, 6.07) is 13.8. The number of rotatable bonds is 9. The van der Waals surface area contributed by atoms with Gasteiger partial charge >= 0.3 is 6.18 Å². The van der Waals surface area contributed by atoms with Gasteiger partial charge in [-0.3, -0.25) is 4.79 Å². The second kappa shape index (κ2) is 12.2. The lowest BCUT2D eigenvalue weighted by Crippen LogP contribution is -2.20. The summed E-state index contributed by atoms with van der Waals surface area (Å²) in [5.74, 6) is -1.95. The zero-order valence-corrected chi connectivity index (χ0v) is 22.8. The Kier molecular flexibility index (Phi) is 8.28. The van der Waals surface area contributed by atoms with E-state index in [4.69, 9.17) is 14.2 Å². The molecule has 15 heteroatoms. The molecule has 2 N–H and O–H groups in total. The van der Waals surface area contributed by atoms with Crippen LogP contribution in [0.3, 0.4) is 0 Å². The minimum Gasteiger partial charge on any atom is -0.497 e. The molecule has 0 atom stereocenters. The quantitative estimate of drug-likeness (QED) is 0.176. The molecule has 0 fully saturated rings. The monoisotopic (exact) mass is 612 g/mol. The Bertz CT molecular complexity index is 1790. The van der Waals surface area contributed by atoms with Crippen LogP contribution in [0.1, 0.15) is 16.1 Å². The Morgan fingerprint density at radius 1 is 0.886 bits per heavy atom. The lowest BCUT2D eigenvalue weighted by Gasteiger charge is -2.13. The molecule has 10 nitrogen and oxygen atoms in total. The number of carbonyl (C=O) groups excluding carboxylic acids is 1. The van der Waals surface area contributed by atoms with Gasteiger partial charge in [0, 0.05) is 47.9 Å². The van der Waals surface area contributed by atoms with Crippen LogP contribution < -0.4 is 24.8 Å². The molecule has 226 valence electrons. The highest BCUT2D eigenvalue weighted by Crippen LogP contribution is 2.35. The van der Waals surface area contributed by atoms with Gasteiger partial charge in [-0.25, -0.2) is 18.4 Å². The molecule has 0 saturated heterocycles. The number of hydrogen-bond donors (Lipinski definition) is 2. The van der Waals surface area contributed by atoms with Gasteiger partial charge in [-0.05, 0) is 36.4 Å². The second-order valence-electron chi connectivity index (χ2n) is 8.94. The number of anilines is 3. The third-order valence-corrected chi connectivity index (χ3v) is 6.00. The van der Waals surface area contributed by atoms with E-state index in [0.717, 1.165) is 36.5 Å². The first-order valence-electron chi connectivity index (χ1n) is 12.6. The summed E-state index contributed by atoms with van der Waals surface area (Å²) in [4.78, 5) is 21.1. The van der Waals surface area contributed by atoms with Gasteiger partial charge in [0.1, 0.15) is 17.3 Å². The number of nitrogens with one attached hydrogen (secondary N) is 2. The molecule has 0 bridgehead atoms. The van der Waals surface area contributed by atoms with Crippen molar-refractivity contribution in [2.75, 3.05) is 24.9 Å². The Balaban J connectivity index is 1.32. The Labute approximate surface area is 246 Å². The molecular weight excluding hydrogens is 591 g/mol. The first kappa shape index (κ1) is 29.8. The van der Waals surface area contributed by atoms with Crippen molar-refractivity contribution in [3.05, 3.63) is 102 Å². The van der Waals surface area contributed by atoms with Crippen LogP contribution in [0.5, 0.6) is 23.1 Å². The zero-order chi connectivity index (χ0) is 31.4. The van der Waals surface area contributed by atoms with Crippen molar-refractivity contribution in [2.45, 2.75) is 6.18 Å². The summed E-state index contributed by atoms with van der Waals surface area (Å²) in [6.07, 6.45) is -2.90. The lowest BCUT2D eigenvalue weighted by atomic mass is 10.2. The van der Waals surface area contributed by atoms with E-state index >= 15 is 0 Å². The number of hydrogen-bond acceptors (Lipinski definition) is 8. The maximum atomic E-state index is 14.9. The molecule has 2 aromatic heterocycles. The summed E-state index contributed by atoms with van der Waals surface area (Å²) < 4.78 is 86.5. The van der Waals surface area contributed by atoms with E-state index in [9.17, 15) is 26.7 Å². The summed E-state index contributed by atoms with van der Waals surface area (Å²) in [5, 5.41) is 8.85. The zero-order valence-electron chi connectivity index (χ0n) is 22.8.